The molecule has 1 fully saturated rings. The highest BCUT2D eigenvalue weighted by Crippen LogP contribution is 2.30. The average Bonchev–Trinajstić information content (AvgIpc) is 3.66. The topological polar surface area (TPSA) is 124 Å². The van der Waals surface area contributed by atoms with Crippen LogP contribution in [0, 0.1) is 23.7 Å². The molecule has 1 saturated heterocycles. The lowest BCUT2D eigenvalue weighted by Crippen LogP contribution is -2.60. The third kappa shape index (κ3) is 13.4. The average molecular weight is 801 g/mol. The predicted octanol–water partition coefficient (Wildman–Crippen LogP) is 5.62. The van der Waals surface area contributed by atoms with E-state index in [4.69, 9.17) is 9.47 Å². The molecule has 0 aromatic heterocycles. The van der Waals surface area contributed by atoms with Crippen LogP contribution in [-0.2, 0) is 35.1 Å². The molecule has 0 bridgehead atoms. The van der Waals surface area contributed by atoms with Gasteiger partial charge in [0.05, 0.1) is 42.7 Å². The van der Waals surface area contributed by atoms with Gasteiger partial charge in [0.25, 0.3) is 0 Å². The number of rotatable bonds is 24. The number of methoxy groups -OCH3 is 2. The SMILES string of the molecule is CCC(CC)N(C)[C@H](C(=O)N[C@H](C(=O)N(C)[C@@H]([C@@H](C)CC)[C@@H](CC(=O)N1CCC[C@H]1[C@H](OC)[C@@H](C)C(=O)NCCc1ccc(N(C)C)cc1)OC)C(C)C)C(C)C. The smallest absolute Gasteiger partial charge is 0.245 e. The van der Waals surface area contributed by atoms with Gasteiger partial charge in [-0.05, 0) is 74.6 Å². The van der Waals surface area contributed by atoms with E-state index in [0.29, 0.717) is 19.5 Å². The zero-order valence-electron chi connectivity index (χ0n) is 38.3. The van der Waals surface area contributed by atoms with E-state index in [1.807, 2.05) is 60.7 Å². The number of hydrogen-bond donors (Lipinski definition) is 2. The third-order valence-corrected chi connectivity index (χ3v) is 12.5. The van der Waals surface area contributed by atoms with Crippen LogP contribution < -0.4 is 15.5 Å². The molecule has 1 aliphatic heterocycles. The van der Waals surface area contributed by atoms with E-state index in [-0.39, 0.29) is 65.9 Å². The molecule has 12 heteroatoms. The minimum atomic E-state index is -0.750. The molecule has 8 atom stereocenters. The molecule has 2 N–H and O–H groups in total. The van der Waals surface area contributed by atoms with Crippen LogP contribution in [-0.4, -0.2) is 136 Å². The molecule has 2 rings (SSSR count). The van der Waals surface area contributed by atoms with Crippen molar-refractivity contribution < 1.29 is 28.7 Å². The highest BCUT2D eigenvalue weighted by atomic mass is 16.5. The van der Waals surface area contributed by atoms with Crippen LogP contribution in [0.5, 0.6) is 0 Å². The lowest BCUT2D eigenvalue weighted by atomic mass is 9.89. The molecule has 0 saturated carbocycles. The van der Waals surface area contributed by atoms with E-state index in [0.717, 1.165) is 43.4 Å². The van der Waals surface area contributed by atoms with Crippen LogP contribution >= 0.6 is 0 Å². The number of carbonyl (C=O) groups is 4. The van der Waals surface area contributed by atoms with Crippen molar-refractivity contribution >= 4 is 29.3 Å². The number of likely N-dealkylation sites (tertiary alicyclic amines) is 1. The molecule has 0 spiro atoms. The van der Waals surface area contributed by atoms with Gasteiger partial charge in [-0.3, -0.25) is 24.1 Å². The first kappa shape index (κ1) is 49.9. The van der Waals surface area contributed by atoms with Crippen LogP contribution in [0.1, 0.15) is 106 Å². The number of likely N-dealkylation sites (N-methyl/N-ethyl adjacent to an activating group) is 2. The Hall–Kier alpha value is -3.22. The minimum Gasteiger partial charge on any atom is -0.379 e. The number of carbonyl (C=O) groups excluding carboxylic acids is 4. The van der Waals surface area contributed by atoms with Crippen LogP contribution in [0.25, 0.3) is 0 Å². The van der Waals surface area contributed by atoms with Crippen LogP contribution in [0.3, 0.4) is 0 Å². The molecule has 57 heavy (non-hydrogen) atoms. The molecule has 1 aromatic carbocycles. The molecule has 0 radical (unpaired) electrons. The highest BCUT2D eigenvalue weighted by Gasteiger charge is 2.43. The first-order chi connectivity index (χ1) is 26.9. The summed E-state index contributed by atoms with van der Waals surface area (Å²) < 4.78 is 12.1. The number of anilines is 1. The van der Waals surface area contributed by atoms with Crippen molar-refractivity contribution in [2.45, 2.75) is 150 Å². The van der Waals surface area contributed by atoms with Crippen molar-refractivity contribution in [1.29, 1.82) is 0 Å². The van der Waals surface area contributed by atoms with Gasteiger partial charge in [-0.25, -0.2) is 0 Å². The van der Waals surface area contributed by atoms with E-state index >= 15 is 0 Å². The van der Waals surface area contributed by atoms with Crippen LogP contribution in [0.15, 0.2) is 24.3 Å². The number of ether oxygens (including phenoxy) is 2. The zero-order chi connectivity index (χ0) is 43.1. The lowest BCUT2D eigenvalue weighted by Gasteiger charge is -2.41. The number of amides is 4. The fourth-order valence-corrected chi connectivity index (χ4v) is 8.78. The third-order valence-electron chi connectivity index (χ3n) is 12.5. The first-order valence-corrected chi connectivity index (χ1v) is 21.6. The van der Waals surface area contributed by atoms with Gasteiger partial charge in [-0.1, -0.05) is 80.9 Å². The van der Waals surface area contributed by atoms with Crippen molar-refractivity contribution in [2.75, 3.05) is 60.4 Å². The lowest BCUT2D eigenvalue weighted by molar-refractivity contribution is -0.148. The minimum absolute atomic E-state index is 0.000337. The Morgan fingerprint density at radius 2 is 1.46 bits per heavy atom. The summed E-state index contributed by atoms with van der Waals surface area (Å²) in [6, 6.07) is 6.73. The van der Waals surface area contributed by atoms with Gasteiger partial charge in [0.1, 0.15) is 6.04 Å². The maximum atomic E-state index is 14.5. The standard InChI is InChI=1S/C45H80N6O6/c1-16-31(8)41(50(13)45(55)39(29(4)5)47-44(54)40(30(6)7)49(12)34(17-2)18-3)37(56-14)28-38(52)51-27-19-20-36(51)42(57-15)32(9)43(53)46-26-25-33-21-23-35(24-22-33)48(10)11/h21-24,29-32,34,36-37,39-42H,16-20,25-28H2,1-15H3,(H,46,53)(H,47,54)/t31-,32+,36-,37+,39-,40-,41-,42+/m0/s1. The number of nitrogens with one attached hydrogen (secondary N) is 2. The van der Waals surface area contributed by atoms with Crippen molar-refractivity contribution in [3.05, 3.63) is 29.8 Å². The van der Waals surface area contributed by atoms with Crippen molar-refractivity contribution in [2.24, 2.45) is 23.7 Å². The number of nitrogens with zero attached hydrogens (tertiary/aromatic N) is 4. The van der Waals surface area contributed by atoms with Gasteiger partial charge in [0.15, 0.2) is 0 Å². The summed E-state index contributed by atoms with van der Waals surface area (Å²) in [7, 11) is 11.0. The number of benzene rings is 1. The molecule has 326 valence electrons. The van der Waals surface area contributed by atoms with Gasteiger partial charge in [0, 0.05) is 60.2 Å². The summed E-state index contributed by atoms with van der Waals surface area (Å²) in [4.78, 5) is 63.8. The Morgan fingerprint density at radius 1 is 0.842 bits per heavy atom. The quantitative estimate of drug-likeness (QED) is 0.138. The van der Waals surface area contributed by atoms with Gasteiger partial charge in [-0.2, -0.15) is 0 Å². The molecule has 1 heterocycles. The number of hydrogen-bond acceptors (Lipinski definition) is 8. The molecule has 0 aliphatic carbocycles. The molecular weight excluding hydrogens is 721 g/mol. The molecule has 12 nitrogen and oxygen atoms in total. The zero-order valence-corrected chi connectivity index (χ0v) is 38.3. The van der Waals surface area contributed by atoms with Crippen molar-refractivity contribution in [3.63, 3.8) is 0 Å². The van der Waals surface area contributed by atoms with E-state index in [2.05, 4.69) is 72.4 Å². The molecule has 0 unspecified atom stereocenters. The second kappa shape index (κ2) is 24.0. The van der Waals surface area contributed by atoms with Crippen molar-refractivity contribution in [3.8, 4) is 0 Å². The fourth-order valence-electron chi connectivity index (χ4n) is 8.78. The molecule has 4 amide bonds. The molecule has 1 aliphatic rings. The summed E-state index contributed by atoms with van der Waals surface area (Å²) in [5.74, 6) is -1.14. The van der Waals surface area contributed by atoms with Gasteiger partial charge >= 0.3 is 0 Å². The Kier molecular flexibility index (Phi) is 21.0. The van der Waals surface area contributed by atoms with E-state index in [1.165, 1.54) is 0 Å². The second-order valence-corrected chi connectivity index (χ2v) is 17.2. The Bertz CT molecular complexity index is 1380. The van der Waals surface area contributed by atoms with Gasteiger partial charge < -0.3 is 34.8 Å². The Balaban J connectivity index is 2.22. The Labute approximate surface area is 346 Å². The van der Waals surface area contributed by atoms with E-state index in [9.17, 15) is 19.2 Å². The predicted molar refractivity (Wildman–Crippen MR) is 231 cm³/mol. The fraction of sp³-hybridized carbons (Fsp3) is 0.778. The molecular formula is C45H80N6O6. The summed E-state index contributed by atoms with van der Waals surface area (Å²) >= 11 is 0. The van der Waals surface area contributed by atoms with Crippen LogP contribution in [0.4, 0.5) is 5.69 Å². The largest absolute Gasteiger partial charge is 0.379 e. The van der Waals surface area contributed by atoms with Gasteiger partial charge in [-0.15, -0.1) is 0 Å². The summed E-state index contributed by atoms with van der Waals surface area (Å²) in [6.07, 6.45) is 3.85. The first-order valence-electron chi connectivity index (χ1n) is 21.6. The summed E-state index contributed by atoms with van der Waals surface area (Å²) in [5.41, 5.74) is 2.27. The van der Waals surface area contributed by atoms with Gasteiger partial charge in [0.2, 0.25) is 23.6 Å². The summed E-state index contributed by atoms with van der Waals surface area (Å²) in [5, 5.41) is 6.24. The van der Waals surface area contributed by atoms with Crippen molar-refractivity contribution in [1.82, 2.24) is 25.3 Å². The summed E-state index contributed by atoms with van der Waals surface area (Å²) in [6.45, 7) is 19.3. The normalized spacial score (nSPS) is 18.3. The maximum absolute atomic E-state index is 14.5. The monoisotopic (exact) mass is 801 g/mol. The highest BCUT2D eigenvalue weighted by molar-refractivity contribution is 5.90. The van der Waals surface area contributed by atoms with E-state index < -0.39 is 30.2 Å². The molecule has 1 aromatic rings. The van der Waals surface area contributed by atoms with Crippen LogP contribution in [0.2, 0.25) is 0 Å². The van der Waals surface area contributed by atoms with E-state index in [1.54, 1.807) is 26.2 Å². The Morgan fingerprint density at radius 3 is 1.95 bits per heavy atom. The second-order valence-electron chi connectivity index (χ2n) is 17.2. The maximum Gasteiger partial charge on any atom is 0.245 e.